The number of ether oxygens (including phenoxy) is 1. The Labute approximate surface area is 135 Å². The molecule has 5 heteroatoms. The molecule has 0 N–H and O–H groups in total. The van der Waals surface area contributed by atoms with Crippen LogP contribution < -0.4 is 0 Å². The van der Waals surface area contributed by atoms with Gasteiger partial charge in [0.05, 0.1) is 25.0 Å². The summed E-state index contributed by atoms with van der Waals surface area (Å²) in [7, 11) is 1.37. The Morgan fingerprint density at radius 1 is 1.26 bits per heavy atom. The molecule has 1 aromatic carbocycles. The van der Waals surface area contributed by atoms with Crippen molar-refractivity contribution in [3.8, 4) is 0 Å². The van der Waals surface area contributed by atoms with Crippen LogP contribution in [0.5, 0.6) is 0 Å². The minimum atomic E-state index is -0.325. The first-order valence-electron chi connectivity index (χ1n) is 8.19. The van der Waals surface area contributed by atoms with Crippen LogP contribution in [0.1, 0.15) is 43.4 Å². The number of carbonyl (C=O) groups excluding carboxylic acids is 2. The van der Waals surface area contributed by atoms with Gasteiger partial charge in [0.25, 0.3) is 0 Å². The predicted molar refractivity (Wildman–Crippen MR) is 83.1 cm³/mol. The van der Waals surface area contributed by atoms with Gasteiger partial charge >= 0.3 is 5.97 Å². The molecular weight excluding hydrogens is 297 g/mol. The molecule has 3 rings (SSSR count). The number of esters is 1. The van der Waals surface area contributed by atoms with Crippen molar-refractivity contribution in [1.29, 1.82) is 0 Å². The number of rotatable bonds is 2. The van der Waals surface area contributed by atoms with Crippen LogP contribution in [0.4, 0.5) is 4.39 Å². The number of benzene rings is 1. The summed E-state index contributed by atoms with van der Waals surface area (Å²) in [6, 6.07) is 4.67. The van der Waals surface area contributed by atoms with Gasteiger partial charge in [-0.3, -0.25) is 9.59 Å². The molecule has 2 aliphatic rings. The highest BCUT2D eigenvalue weighted by molar-refractivity contribution is 5.86. The van der Waals surface area contributed by atoms with E-state index >= 15 is 0 Å². The lowest BCUT2D eigenvalue weighted by molar-refractivity contribution is -0.152. The van der Waals surface area contributed by atoms with Crippen molar-refractivity contribution in [3.63, 3.8) is 0 Å². The molecule has 0 saturated heterocycles. The highest BCUT2D eigenvalue weighted by Gasteiger charge is 2.42. The second kappa shape index (κ2) is 6.30. The van der Waals surface area contributed by atoms with Gasteiger partial charge in [-0.25, -0.2) is 4.39 Å². The van der Waals surface area contributed by atoms with Gasteiger partial charge in [-0.2, -0.15) is 0 Å². The van der Waals surface area contributed by atoms with E-state index in [1.165, 1.54) is 13.2 Å². The standard InChI is InChI=1S/C18H22FNO3/c1-11-14-7-6-13(19)10-12(14)8-9-20(11)17(21)15-4-3-5-16(15)18(22)23-2/h6-7,10-11,15-16H,3-5,8-9H2,1-2H3/t11-,15+,16-/m1/s1. The second-order valence-corrected chi connectivity index (χ2v) is 6.47. The zero-order valence-electron chi connectivity index (χ0n) is 13.5. The Kier molecular flexibility index (Phi) is 4.37. The van der Waals surface area contributed by atoms with Gasteiger partial charge in [-0.1, -0.05) is 12.5 Å². The number of methoxy groups -OCH3 is 1. The van der Waals surface area contributed by atoms with Gasteiger partial charge in [0.1, 0.15) is 5.82 Å². The first kappa shape index (κ1) is 16.0. The van der Waals surface area contributed by atoms with E-state index in [2.05, 4.69) is 0 Å². The summed E-state index contributed by atoms with van der Waals surface area (Å²) in [4.78, 5) is 26.7. The summed E-state index contributed by atoms with van der Waals surface area (Å²) in [6.45, 7) is 2.54. The van der Waals surface area contributed by atoms with Gasteiger partial charge in [0.2, 0.25) is 5.91 Å². The maximum atomic E-state index is 13.4. The fourth-order valence-electron chi connectivity index (χ4n) is 4.00. The topological polar surface area (TPSA) is 46.6 Å². The Hall–Kier alpha value is -1.91. The molecule has 0 spiro atoms. The Bertz CT molecular complexity index is 631. The lowest BCUT2D eigenvalue weighted by Gasteiger charge is -2.37. The van der Waals surface area contributed by atoms with E-state index in [4.69, 9.17) is 4.74 Å². The van der Waals surface area contributed by atoms with Crippen LogP contribution in [-0.2, 0) is 20.7 Å². The van der Waals surface area contributed by atoms with Crippen molar-refractivity contribution in [2.45, 2.75) is 38.6 Å². The minimum absolute atomic E-state index is 0.0281. The smallest absolute Gasteiger partial charge is 0.309 e. The molecule has 1 heterocycles. The molecule has 0 radical (unpaired) electrons. The molecule has 1 saturated carbocycles. The normalized spacial score (nSPS) is 26.7. The molecule has 1 amide bonds. The van der Waals surface area contributed by atoms with E-state index in [-0.39, 0.29) is 35.6 Å². The lowest BCUT2D eigenvalue weighted by atomic mass is 9.89. The molecule has 1 fully saturated rings. The molecule has 23 heavy (non-hydrogen) atoms. The average molecular weight is 319 g/mol. The molecule has 1 aliphatic heterocycles. The average Bonchev–Trinajstić information content (AvgIpc) is 3.03. The van der Waals surface area contributed by atoms with Crippen molar-refractivity contribution in [3.05, 3.63) is 35.1 Å². The SMILES string of the molecule is COC(=O)[C@@H]1CCC[C@@H]1C(=O)N1CCc2cc(F)ccc2[C@H]1C. The third-order valence-electron chi connectivity index (χ3n) is 5.26. The highest BCUT2D eigenvalue weighted by Crippen LogP contribution is 2.37. The Morgan fingerprint density at radius 3 is 2.74 bits per heavy atom. The first-order chi connectivity index (χ1) is 11.0. The van der Waals surface area contributed by atoms with Crippen molar-refractivity contribution < 1.29 is 18.7 Å². The van der Waals surface area contributed by atoms with Crippen molar-refractivity contribution in [2.24, 2.45) is 11.8 Å². The maximum Gasteiger partial charge on any atom is 0.309 e. The van der Waals surface area contributed by atoms with Crippen molar-refractivity contribution >= 4 is 11.9 Å². The van der Waals surface area contributed by atoms with E-state index in [1.807, 2.05) is 11.8 Å². The number of hydrogen-bond donors (Lipinski definition) is 0. The van der Waals surface area contributed by atoms with Crippen LogP contribution in [0.15, 0.2) is 18.2 Å². The molecule has 0 aromatic heterocycles. The number of carbonyl (C=O) groups is 2. The molecule has 3 atom stereocenters. The largest absolute Gasteiger partial charge is 0.469 e. The lowest BCUT2D eigenvalue weighted by Crippen LogP contribution is -2.44. The number of hydrogen-bond acceptors (Lipinski definition) is 3. The number of nitrogens with zero attached hydrogens (tertiary/aromatic N) is 1. The fourth-order valence-corrected chi connectivity index (χ4v) is 4.00. The first-order valence-corrected chi connectivity index (χ1v) is 8.19. The second-order valence-electron chi connectivity index (χ2n) is 6.47. The quantitative estimate of drug-likeness (QED) is 0.788. The fraction of sp³-hybridized carbons (Fsp3) is 0.556. The van der Waals surface area contributed by atoms with Crippen LogP contribution in [0.2, 0.25) is 0 Å². The van der Waals surface area contributed by atoms with Crippen LogP contribution in [0.25, 0.3) is 0 Å². The molecule has 124 valence electrons. The van der Waals surface area contributed by atoms with E-state index in [0.717, 1.165) is 24.0 Å². The molecule has 4 nitrogen and oxygen atoms in total. The van der Waals surface area contributed by atoms with Gasteiger partial charge in [-0.05, 0) is 49.4 Å². The van der Waals surface area contributed by atoms with Gasteiger partial charge in [-0.15, -0.1) is 0 Å². The van der Waals surface area contributed by atoms with Gasteiger partial charge in [0.15, 0.2) is 0 Å². The third kappa shape index (κ3) is 2.84. The number of halogens is 1. The number of amides is 1. The van der Waals surface area contributed by atoms with Crippen LogP contribution in [-0.4, -0.2) is 30.4 Å². The highest BCUT2D eigenvalue weighted by atomic mass is 19.1. The Morgan fingerprint density at radius 2 is 2.00 bits per heavy atom. The van der Waals surface area contributed by atoms with Gasteiger partial charge < -0.3 is 9.64 Å². The van der Waals surface area contributed by atoms with Crippen LogP contribution in [0.3, 0.4) is 0 Å². The Balaban J connectivity index is 1.81. The zero-order chi connectivity index (χ0) is 16.6. The predicted octanol–water partition coefficient (Wildman–Crippen LogP) is 2.86. The van der Waals surface area contributed by atoms with Crippen LogP contribution in [0, 0.1) is 17.7 Å². The maximum absolute atomic E-state index is 13.4. The zero-order valence-corrected chi connectivity index (χ0v) is 13.5. The number of fused-ring (bicyclic) bond motifs is 1. The summed E-state index contributed by atoms with van der Waals surface area (Å²) in [5.74, 6) is -1.10. The van der Waals surface area contributed by atoms with E-state index in [0.29, 0.717) is 19.4 Å². The molecule has 0 bridgehead atoms. The van der Waals surface area contributed by atoms with E-state index in [1.54, 1.807) is 12.1 Å². The van der Waals surface area contributed by atoms with Crippen molar-refractivity contribution in [2.75, 3.05) is 13.7 Å². The molecule has 0 unspecified atom stereocenters. The monoisotopic (exact) mass is 319 g/mol. The molecular formula is C18H22FNO3. The van der Waals surface area contributed by atoms with Crippen molar-refractivity contribution in [1.82, 2.24) is 4.90 Å². The summed E-state index contributed by atoms with van der Waals surface area (Å²) in [6.07, 6.45) is 2.98. The summed E-state index contributed by atoms with van der Waals surface area (Å²) in [5.41, 5.74) is 1.97. The summed E-state index contributed by atoms with van der Waals surface area (Å²) >= 11 is 0. The third-order valence-corrected chi connectivity index (χ3v) is 5.26. The molecule has 1 aliphatic carbocycles. The summed E-state index contributed by atoms with van der Waals surface area (Å²) in [5, 5.41) is 0. The summed E-state index contributed by atoms with van der Waals surface area (Å²) < 4.78 is 18.2. The molecule has 1 aromatic rings. The van der Waals surface area contributed by atoms with E-state index < -0.39 is 0 Å². The minimum Gasteiger partial charge on any atom is -0.469 e. The van der Waals surface area contributed by atoms with Gasteiger partial charge in [0, 0.05) is 6.54 Å². The van der Waals surface area contributed by atoms with E-state index in [9.17, 15) is 14.0 Å². The van der Waals surface area contributed by atoms with Crippen LogP contribution >= 0.6 is 0 Å².